The van der Waals surface area contributed by atoms with Gasteiger partial charge in [-0.3, -0.25) is 0 Å². The summed E-state index contributed by atoms with van der Waals surface area (Å²) in [6.07, 6.45) is 25.0. The Morgan fingerprint density at radius 2 is 1.07 bits per heavy atom. The van der Waals surface area contributed by atoms with E-state index in [1.54, 1.807) is 0 Å². The van der Waals surface area contributed by atoms with Gasteiger partial charge in [0.05, 0.1) is 0 Å². The highest BCUT2D eigenvalue weighted by Crippen LogP contribution is 2.01. The highest BCUT2D eigenvalue weighted by Gasteiger charge is 1.81. The topological polar surface area (TPSA) is 0 Å². The molecule has 0 atom stereocenters. The number of rotatable bonds is 0. The second kappa shape index (κ2) is 8.55. The Balaban J connectivity index is 2.34. The lowest BCUT2D eigenvalue weighted by atomic mass is 10.2. The molecule has 1 aliphatic rings. The Kier molecular flexibility index (Phi) is 6.74. The summed E-state index contributed by atoms with van der Waals surface area (Å²) < 4.78 is 0. The monoisotopic (exact) mass is 188 g/mol. The van der Waals surface area contributed by atoms with Crippen LogP contribution in [0.4, 0.5) is 0 Å². The van der Waals surface area contributed by atoms with Crippen LogP contribution in [-0.4, -0.2) is 0 Å². The van der Waals surface area contributed by atoms with E-state index in [0.717, 1.165) is 19.3 Å². The van der Waals surface area contributed by atoms with Crippen molar-refractivity contribution in [3.05, 3.63) is 48.6 Å². The Hall–Kier alpha value is -1.04. The summed E-state index contributed by atoms with van der Waals surface area (Å²) in [7, 11) is 0. The minimum atomic E-state index is 1.10. The third kappa shape index (κ3) is 6.47. The first-order chi connectivity index (χ1) is 7.00. The summed E-state index contributed by atoms with van der Waals surface area (Å²) in [5.74, 6) is 0. The fourth-order valence-corrected chi connectivity index (χ4v) is 1.40. The van der Waals surface area contributed by atoms with Crippen LogP contribution in [0.2, 0.25) is 0 Å². The van der Waals surface area contributed by atoms with E-state index in [-0.39, 0.29) is 0 Å². The predicted octanol–water partition coefficient (Wildman–Crippen LogP) is 4.57. The van der Waals surface area contributed by atoms with Gasteiger partial charge in [-0.25, -0.2) is 0 Å². The van der Waals surface area contributed by atoms with Crippen LogP contribution in [0.25, 0.3) is 0 Å². The summed E-state index contributed by atoms with van der Waals surface area (Å²) in [5.41, 5.74) is 0. The van der Waals surface area contributed by atoms with Gasteiger partial charge >= 0.3 is 0 Å². The first kappa shape index (κ1) is 11.0. The molecule has 0 amide bonds. The van der Waals surface area contributed by atoms with Gasteiger partial charge in [0.15, 0.2) is 0 Å². The van der Waals surface area contributed by atoms with E-state index in [2.05, 4.69) is 48.6 Å². The Morgan fingerprint density at radius 3 is 1.93 bits per heavy atom. The maximum atomic E-state index is 2.29. The molecule has 0 unspecified atom stereocenters. The molecule has 0 aliphatic heterocycles. The molecule has 0 N–H and O–H groups in total. The van der Waals surface area contributed by atoms with E-state index in [9.17, 15) is 0 Å². The van der Waals surface area contributed by atoms with Crippen LogP contribution in [0.5, 0.6) is 0 Å². The zero-order chi connectivity index (χ0) is 9.90. The van der Waals surface area contributed by atoms with Gasteiger partial charge in [0.25, 0.3) is 0 Å². The number of hydrogen-bond donors (Lipinski definition) is 0. The summed E-state index contributed by atoms with van der Waals surface area (Å²) in [5, 5.41) is 0. The van der Waals surface area contributed by atoms with Crippen LogP contribution in [0, 0.1) is 0 Å². The van der Waals surface area contributed by atoms with Gasteiger partial charge in [-0.05, 0) is 38.5 Å². The van der Waals surface area contributed by atoms with Crippen LogP contribution in [0.3, 0.4) is 0 Å². The van der Waals surface area contributed by atoms with Crippen molar-refractivity contribution in [3.8, 4) is 0 Å². The smallest absolute Gasteiger partial charge is 0.0169 e. The van der Waals surface area contributed by atoms with Crippen molar-refractivity contribution in [1.82, 2.24) is 0 Å². The second-order valence-electron chi connectivity index (χ2n) is 3.54. The van der Waals surface area contributed by atoms with Crippen molar-refractivity contribution in [1.29, 1.82) is 0 Å². The van der Waals surface area contributed by atoms with E-state index in [0.29, 0.717) is 0 Å². The normalized spacial score (nSPS) is 24.0. The summed E-state index contributed by atoms with van der Waals surface area (Å²) in [6, 6.07) is 0. The summed E-state index contributed by atoms with van der Waals surface area (Å²) in [4.78, 5) is 0. The average Bonchev–Trinajstić information content (AvgIpc) is 2.22. The highest BCUT2D eigenvalue weighted by molar-refractivity contribution is 5.03. The molecule has 0 heteroatoms. The van der Waals surface area contributed by atoms with Crippen molar-refractivity contribution >= 4 is 0 Å². The number of hydrogen-bond acceptors (Lipinski definition) is 0. The molecule has 0 heterocycles. The lowest BCUT2D eigenvalue weighted by Gasteiger charge is -1.91. The van der Waals surface area contributed by atoms with Crippen molar-refractivity contribution in [2.24, 2.45) is 0 Å². The first-order valence-electron chi connectivity index (χ1n) is 5.62. The molecular formula is C14H20. The van der Waals surface area contributed by atoms with E-state index >= 15 is 0 Å². The van der Waals surface area contributed by atoms with Gasteiger partial charge in [-0.15, -0.1) is 0 Å². The average molecular weight is 188 g/mol. The van der Waals surface area contributed by atoms with E-state index in [4.69, 9.17) is 0 Å². The third-order valence-electron chi connectivity index (χ3n) is 2.23. The summed E-state index contributed by atoms with van der Waals surface area (Å²) in [6.45, 7) is 0. The van der Waals surface area contributed by atoms with Crippen LogP contribution in [0.15, 0.2) is 48.6 Å². The lowest BCUT2D eigenvalue weighted by Crippen LogP contribution is -1.70. The van der Waals surface area contributed by atoms with Gasteiger partial charge in [-0.2, -0.15) is 0 Å². The molecule has 1 rings (SSSR count). The SMILES string of the molecule is C1=CCC/C=C/C/C=C/CCCC=C1. The van der Waals surface area contributed by atoms with Crippen LogP contribution >= 0.6 is 0 Å². The fourth-order valence-electron chi connectivity index (χ4n) is 1.40. The molecule has 0 saturated heterocycles. The maximum absolute atomic E-state index is 2.29. The highest BCUT2D eigenvalue weighted by atomic mass is 13.9. The van der Waals surface area contributed by atoms with Crippen molar-refractivity contribution < 1.29 is 0 Å². The molecule has 0 saturated carbocycles. The van der Waals surface area contributed by atoms with Crippen LogP contribution in [0.1, 0.15) is 38.5 Å². The lowest BCUT2D eigenvalue weighted by molar-refractivity contribution is 0.865. The van der Waals surface area contributed by atoms with Crippen LogP contribution < -0.4 is 0 Å². The molecule has 76 valence electrons. The Labute approximate surface area is 87.7 Å². The van der Waals surface area contributed by atoms with Gasteiger partial charge in [0, 0.05) is 0 Å². The first-order valence-corrected chi connectivity index (χ1v) is 5.62. The van der Waals surface area contributed by atoms with Crippen molar-refractivity contribution in [2.75, 3.05) is 0 Å². The molecule has 0 aromatic carbocycles. The molecule has 0 spiro atoms. The molecule has 0 bridgehead atoms. The molecule has 0 aromatic heterocycles. The van der Waals surface area contributed by atoms with E-state index < -0.39 is 0 Å². The second-order valence-corrected chi connectivity index (χ2v) is 3.54. The van der Waals surface area contributed by atoms with E-state index in [1.807, 2.05) is 0 Å². The van der Waals surface area contributed by atoms with Gasteiger partial charge in [0.2, 0.25) is 0 Å². The quantitative estimate of drug-likeness (QED) is 0.489. The summed E-state index contributed by atoms with van der Waals surface area (Å²) >= 11 is 0. The fraction of sp³-hybridized carbons (Fsp3) is 0.429. The Morgan fingerprint density at radius 1 is 0.500 bits per heavy atom. The van der Waals surface area contributed by atoms with Crippen molar-refractivity contribution in [2.45, 2.75) is 38.5 Å². The molecule has 14 heavy (non-hydrogen) atoms. The van der Waals surface area contributed by atoms with Gasteiger partial charge in [-0.1, -0.05) is 48.6 Å². The van der Waals surface area contributed by atoms with Gasteiger partial charge in [0.1, 0.15) is 0 Å². The van der Waals surface area contributed by atoms with Crippen molar-refractivity contribution in [3.63, 3.8) is 0 Å². The molecule has 0 nitrogen and oxygen atoms in total. The van der Waals surface area contributed by atoms with E-state index in [1.165, 1.54) is 19.3 Å². The zero-order valence-electron chi connectivity index (χ0n) is 8.86. The predicted molar refractivity (Wildman–Crippen MR) is 64.3 cm³/mol. The third-order valence-corrected chi connectivity index (χ3v) is 2.23. The maximum Gasteiger partial charge on any atom is -0.0169 e. The minimum absolute atomic E-state index is 1.10. The minimum Gasteiger partial charge on any atom is -0.0882 e. The largest absolute Gasteiger partial charge is 0.0882 e. The zero-order valence-corrected chi connectivity index (χ0v) is 8.86. The molecule has 1 aliphatic carbocycles. The Bertz CT molecular complexity index is 228. The molecule has 0 radical (unpaired) electrons. The van der Waals surface area contributed by atoms with Gasteiger partial charge < -0.3 is 0 Å². The molecular weight excluding hydrogens is 168 g/mol. The number of allylic oxidation sites excluding steroid dienone is 8. The molecule has 0 fully saturated rings. The standard InChI is InChI=1S/C14H20/c1-2-4-6-8-10-12-14-13-11-9-7-5-3-1/h1-4,9,11-12,14H,5-8,10,13H2/b3-1?,4-2?,11-9+,14-12+. The van der Waals surface area contributed by atoms with Crippen LogP contribution in [-0.2, 0) is 0 Å². The molecule has 0 aromatic rings.